The van der Waals surface area contributed by atoms with E-state index in [0.29, 0.717) is 13.2 Å². The Balaban J connectivity index is 2.35. The van der Waals surface area contributed by atoms with E-state index in [1.54, 1.807) is 12.1 Å². The lowest BCUT2D eigenvalue weighted by Gasteiger charge is -2.07. The number of esters is 1. The largest absolute Gasteiger partial charge is 0.478 e. The molecule has 0 aliphatic carbocycles. The molecule has 0 heterocycles. The van der Waals surface area contributed by atoms with Gasteiger partial charge in [0.25, 0.3) is 0 Å². The first kappa shape index (κ1) is 16.2. The highest BCUT2D eigenvalue weighted by molar-refractivity contribution is 6.02. The number of hydrogen-bond donors (Lipinski definition) is 1. The van der Waals surface area contributed by atoms with Crippen LogP contribution in [0.2, 0.25) is 0 Å². The maximum Gasteiger partial charge on any atom is 0.339 e. The molecule has 5 nitrogen and oxygen atoms in total. The summed E-state index contributed by atoms with van der Waals surface area (Å²) < 4.78 is 10.3. The van der Waals surface area contributed by atoms with E-state index in [-0.39, 0.29) is 17.7 Å². The van der Waals surface area contributed by atoms with Crippen LogP contribution in [0.1, 0.15) is 46.9 Å². The smallest absolute Gasteiger partial charge is 0.339 e. The third kappa shape index (κ3) is 5.40. The third-order valence-electron chi connectivity index (χ3n) is 2.73. The Bertz CT molecular complexity index is 442. The average Bonchev–Trinajstić information content (AvgIpc) is 2.46. The minimum absolute atomic E-state index is 0.0543. The summed E-state index contributed by atoms with van der Waals surface area (Å²) in [5.41, 5.74) is 0.00680. The number of benzene rings is 1. The lowest BCUT2D eigenvalue weighted by atomic mass is 10.1. The van der Waals surface area contributed by atoms with Crippen molar-refractivity contribution >= 4 is 11.9 Å². The maximum atomic E-state index is 11.8. The summed E-state index contributed by atoms with van der Waals surface area (Å²) in [6.45, 7) is 3.21. The van der Waals surface area contributed by atoms with Gasteiger partial charge < -0.3 is 14.6 Å². The van der Waals surface area contributed by atoms with Crippen LogP contribution in [0, 0.1) is 0 Å². The fourth-order valence-corrected chi connectivity index (χ4v) is 1.67. The Morgan fingerprint density at radius 3 is 2.40 bits per heavy atom. The molecule has 0 unspecified atom stereocenters. The number of ether oxygens (including phenoxy) is 2. The first-order valence-electron chi connectivity index (χ1n) is 6.74. The third-order valence-corrected chi connectivity index (χ3v) is 2.73. The van der Waals surface area contributed by atoms with Crippen molar-refractivity contribution < 1.29 is 24.2 Å². The zero-order chi connectivity index (χ0) is 14.8. The molecule has 110 valence electrons. The molecule has 0 saturated heterocycles. The topological polar surface area (TPSA) is 72.8 Å². The van der Waals surface area contributed by atoms with Crippen LogP contribution in [-0.2, 0) is 9.47 Å². The number of carboxylic acids is 1. The second kappa shape index (κ2) is 9.09. The Kier molecular flexibility index (Phi) is 7.35. The second-order valence-electron chi connectivity index (χ2n) is 4.31. The minimum atomic E-state index is -1.15. The summed E-state index contributed by atoms with van der Waals surface area (Å²) in [5, 5.41) is 8.97. The number of hydrogen-bond acceptors (Lipinski definition) is 4. The molecule has 0 atom stereocenters. The van der Waals surface area contributed by atoms with Gasteiger partial charge in [0.1, 0.15) is 6.61 Å². The van der Waals surface area contributed by atoms with Gasteiger partial charge in [-0.15, -0.1) is 0 Å². The highest BCUT2D eigenvalue weighted by Crippen LogP contribution is 2.10. The molecule has 20 heavy (non-hydrogen) atoms. The average molecular weight is 280 g/mol. The second-order valence-corrected chi connectivity index (χ2v) is 4.31. The molecule has 1 aromatic rings. The molecule has 1 aromatic carbocycles. The molecule has 0 aliphatic heterocycles. The van der Waals surface area contributed by atoms with Crippen molar-refractivity contribution in [2.45, 2.75) is 26.2 Å². The first-order chi connectivity index (χ1) is 9.66. The van der Waals surface area contributed by atoms with Crippen molar-refractivity contribution in [3.05, 3.63) is 35.4 Å². The summed E-state index contributed by atoms with van der Waals surface area (Å²) in [7, 11) is 0. The highest BCUT2D eigenvalue weighted by Gasteiger charge is 2.16. The van der Waals surface area contributed by atoms with Gasteiger partial charge in [-0.3, -0.25) is 0 Å². The molecule has 0 spiro atoms. The van der Waals surface area contributed by atoms with Crippen LogP contribution >= 0.6 is 0 Å². The van der Waals surface area contributed by atoms with Crippen LogP contribution in [0.15, 0.2) is 24.3 Å². The maximum absolute atomic E-state index is 11.8. The van der Waals surface area contributed by atoms with Gasteiger partial charge in [-0.05, 0) is 18.6 Å². The van der Waals surface area contributed by atoms with Crippen molar-refractivity contribution in [3.63, 3.8) is 0 Å². The van der Waals surface area contributed by atoms with Crippen molar-refractivity contribution in [2.24, 2.45) is 0 Å². The van der Waals surface area contributed by atoms with Crippen molar-refractivity contribution in [3.8, 4) is 0 Å². The number of carboxylic acid groups (broad SMARTS) is 1. The Labute approximate surface area is 118 Å². The Hall–Kier alpha value is -1.88. The summed E-state index contributed by atoms with van der Waals surface area (Å²) >= 11 is 0. The monoisotopic (exact) mass is 280 g/mol. The van der Waals surface area contributed by atoms with E-state index < -0.39 is 11.9 Å². The summed E-state index contributed by atoms with van der Waals surface area (Å²) in [6.07, 6.45) is 3.24. The van der Waals surface area contributed by atoms with Gasteiger partial charge in [0.05, 0.1) is 17.7 Å². The molecule has 0 aliphatic rings. The summed E-state index contributed by atoms with van der Waals surface area (Å²) in [6, 6.07) is 5.98. The van der Waals surface area contributed by atoms with Crippen molar-refractivity contribution in [1.82, 2.24) is 0 Å². The van der Waals surface area contributed by atoms with Gasteiger partial charge in [0.2, 0.25) is 0 Å². The van der Waals surface area contributed by atoms with Gasteiger partial charge in [-0.1, -0.05) is 31.9 Å². The number of rotatable bonds is 9. The van der Waals surface area contributed by atoms with E-state index in [0.717, 1.165) is 19.3 Å². The normalized spacial score (nSPS) is 10.2. The molecule has 1 N–H and O–H groups in total. The molecule has 0 fully saturated rings. The fourth-order valence-electron chi connectivity index (χ4n) is 1.67. The van der Waals surface area contributed by atoms with E-state index in [9.17, 15) is 9.59 Å². The van der Waals surface area contributed by atoms with Gasteiger partial charge in [-0.2, -0.15) is 0 Å². The fraction of sp³-hybridized carbons (Fsp3) is 0.467. The van der Waals surface area contributed by atoms with Crippen LogP contribution in [-0.4, -0.2) is 36.9 Å². The molecular formula is C15H20O5. The van der Waals surface area contributed by atoms with Crippen LogP contribution in [0.4, 0.5) is 0 Å². The van der Waals surface area contributed by atoms with Gasteiger partial charge in [0, 0.05) is 6.61 Å². The molecule has 1 rings (SSSR count). The molecule has 0 aromatic heterocycles. The van der Waals surface area contributed by atoms with Crippen molar-refractivity contribution in [1.29, 1.82) is 0 Å². The SMILES string of the molecule is CCCCCOCCOC(=O)c1ccccc1C(=O)O. The number of carbonyl (C=O) groups excluding carboxylic acids is 1. The molecule has 0 saturated carbocycles. The van der Waals surface area contributed by atoms with Crippen LogP contribution in [0.3, 0.4) is 0 Å². The van der Waals surface area contributed by atoms with Crippen molar-refractivity contribution in [2.75, 3.05) is 19.8 Å². The van der Waals surface area contributed by atoms with Crippen LogP contribution in [0.5, 0.6) is 0 Å². The minimum Gasteiger partial charge on any atom is -0.478 e. The quantitative estimate of drug-likeness (QED) is 0.556. The zero-order valence-electron chi connectivity index (χ0n) is 11.6. The number of aromatic carboxylic acids is 1. The summed E-state index contributed by atoms with van der Waals surface area (Å²) in [4.78, 5) is 22.7. The van der Waals surface area contributed by atoms with E-state index in [4.69, 9.17) is 14.6 Å². The number of unbranched alkanes of at least 4 members (excludes halogenated alkanes) is 2. The molecular weight excluding hydrogens is 260 g/mol. The molecule has 0 bridgehead atoms. The number of carbonyl (C=O) groups is 2. The zero-order valence-corrected chi connectivity index (χ0v) is 11.6. The highest BCUT2D eigenvalue weighted by atomic mass is 16.6. The van der Waals surface area contributed by atoms with E-state index in [2.05, 4.69) is 6.92 Å². The molecule has 5 heteroatoms. The molecule has 0 radical (unpaired) electrons. The van der Waals surface area contributed by atoms with Gasteiger partial charge in [-0.25, -0.2) is 9.59 Å². The summed E-state index contributed by atoms with van der Waals surface area (Å²) in [5.74, 6) is -1.78. The van der Waals surface area contributed by atoms with Crippen LogP contribution < -0.4 is 0 Å². The Morgan fingerprint density at radius 1 is 1.05 bits per heavy atom. The first-order valence-corrected chi connectivity index (χ1v) is 6.74. The van der Waals surface area contributed by atoms with Crippen LogP contribution in [0.25, 0.3) is 0 Å². The van der Waals surface area contributed by atoms with E-state index >= 15 is 0 Å². The Morgan fingerprint density at radius 2 is 1.75 bits per heavy atom. The van der Waals surface area contributed by atoms with E-state index in [1.165, 1.54) is 12.1 Å². The van der Waals surface area contributed by atoms with E-state index in [1.807, 2.05) is 0 Å². The standard InChI is InChI=1S/C15H20O5/c1-2-3-6-9-19-10-11-20-15(18)13-8-5-4-7-12(13)14(16)17/h4-5,7-8H,2-3,6,9-11H2,1H3,(H,16,17). The van der Waals surface area contributed by atoms with Gasteiger partial charge in [0.15, 0.2) is 0 Å². The molecule has 0 amide bonds. The predicted molar refractivity (Wildman–Crippen MR) is 74.0 cm³/mol. The lowest BCUT2D eigenvalue weighted by molar-refractivity contribution is 0.0308. The predicted octanol–water partition coefficient (Wildman–Crippen LogP) is 2.75. The lowest BCUT2D eigenvalue weighted by Crippen LogP contribution is -2.14. The van der Waals surface area contributed by atoms with Gasteiger partial charge >= 0.3 is 11.9 Å².